The number of aryl methyl sites for hydroxylation is 1. The Bertz CT molecular complexity index is 625. The van der Waals surface area contributed by atoms with Crippen LogP contribution in [-0.4, -0.2) is 53.7 Å². The molecule has 0 spiro atoms. The smallest absolute Gasteiger partial charge is 0.233 e. The van der Waals surface area contributed by atoms with Crippen molar-refractivity contribution in [3.05, 3.63) is 28.8 Å². The van der Waals surface area contributed by atoms with E-state index >= 15 is 0 Å². The monoisotopic (exact) mass is 337 g/mol. The number of anilines is 1. The molecule has 3 amide bonds. The Kier molecular flexibility index (Phi) is 5.60. The highest BCUT2D eigenvalue weighted by molar-refractivity contribution is 6.31. The molecule has 0 unspecified atom stereocenters. The molecule has 0 aromatic heterocycles. The summed E-state index contributed by atoms with van der Waals surface area (Å²) in [4.78, 5) is 38.7. The third kappa shape index (κ3) is 4.69. The van der Waals surface area contributed by atoms with Crippen molar-refractivity contribution in [3.8, 4) is 0 Å². The van der Waals surface area contributed by atoms with Crippen molar-refractivity contribution in [2.45, 2.75) is 20.3 Å². The molecule has 0 bridgehead atoms. The van der Waals surface area contributed by atoms with E-state index in [1.165, 1.54) is 6.92 Å². The molecular weight excluding hydrogens is 318 g/mol. The molecule has 124 valence electrons. The molecule has 1 heterocycles. The van der Waals surface area contributed by atoms with Crippen LogP contribution < -0.4 is 5.32 Å². The van der Waals surface area contributed by atoms with Crippen LogP contribution in [0.25, 0.3) is 0 Å². The van der Waals surface area contributed by atoms with Gasteiger partial charge in [-0.05, 0) is 24.6 Å². The summed E-state index contributed by atoms with van der Waals surface area (Å²) in [6.07, 6.45) is -0.217. The van der Waals surface area contributed by atoms with E-state index in [4.69, 9.17) is 11.6 Å². The van der Waals surface area contributed by atoms with Crippen LogP contribution in [0, 0.1) is 6.92 Å². The van der Waals surface area contributed by atoms with Gasteiger partial charge in [-0.25, -0.2) is 0 Å². The number of hydrogen-bond donors (Lipinski definition) is 1. The summed E-state index contributed by atoms with van der Waals surface area (Å²) in [5.74, 6) is -0.598. The number of nitrogens with one attached hydrogen (secondary N) is 1. The van der Waals surface area contributed by atoms with Gasteiger partial charge in [0.2, 0.25) is 17.7 Å². The first kappa shape index (κ1) is 17.3. The summed E-state index contributed by atoms with van der Waals surface area (Å²) < 4.78 is 0. The second-order valence-electron chi connectivity index (χ2n) is 5.58. The summed E-state index contributed by atoms with van der Waals surface area (Å²) in [6.45, 7) is 5.33. The highest BCUT2D eigenvalue weighted by Gasteiger charge is 2.23. The van der Waals surface area contributed by atoms with Crippen molar-refractivity contribution in [2.24, 2.45) is 0 Å². The Balaban J connectivity index is 1.84. The van der Waals surface area contributed by atoms with Crippen molar-refractivity contribution < 1.29 is 14.4 Å². The molecule has 2 rings (SSSR count). The molecule has 1 fully saturated rings. The molecule has 6 nitrogen and oxygen atoms in total. The second-order valence-corrected chi connectivity index (χ2v) is 5.98. The first-order valence-electron chi connectivity index (χ1n) is 7.46. The van der Waals surface area contributed by atoms with E-state index in [2.05, 4.69) is 5.32 Å². The van der Waals surface area contributed by atoms with Gasteiger partial charge in [-0.2, -0.15) is 0 Å². The van der Waals surface area contributed by atoms with Gasteiger partial charge in [-0.3, -0.25) is 14.4 Å². The summed E-state index contributed by atoms with van der Waals surface area (Å²) in [7, 11) is 0. The van der Waals surface area contributed by atoms with Gasteiger partial charge in [0, 0.05) is 43.8 Å². The Labute approximate surface area is 140 Å². The molecule has 1 aromatic rings. The number of carbonyl (C=O) groups is 3. The molecule has 7 heteroatoms. The molecule has 1 aliphatic heterocycles. The van der Waals surface area contributed by atoms with E-state index in [9.17, 15) is 14.4 Å². The maximum atomic E-state index is 12.1. The third-order valence-electron chi connectivity index (χ3n) is 3.85. The van der Waals surface area contributed by atoms with Gasteiger partial charge in [0.25, 0.3) is 0 Å². The van der Waals surface area contributed by atoms with Gasteiger partial charge in [0.05, 0.1) is 0 Å². The highest BCUT2D eigenvalue weighted by atomic mass is 35.5. The topological polar surface area (TPSA) is 69.7 Å². The van der Waals surface area contributed by atoms with Crippen molar-refractivity contribution in [1.29, 1.82) is 0 Å². The zero-order valence-electron chi connectivity index (χ0n) is 13.3. The predicted octanol–water partition coefficient (Wildman–Crippen LogP) is 1.67. The lowest BCUT2D eigenvalue weighted by Crippen LogP contribution is -2.50. The van der Waals surface area contributed by atoms with Crippen LogP contribution in [-0.2, 0) is 14.4 Å². The van der Waals surface area contributed by atoms with Crippen LogP contribution >= 0.6 is 11.6 Å². The molecule has 0 atom stereocenters. The number of carbonyl (C=O) groups excluding carboxylic acids is 3. The van der Waals surface area contributed by atoms with Gasteiger partial charge < -0.3 is 15.1 Å². The largest absolute Gasteiger partial charge is 0.339 e. The number of hydrogen-bond acceptors (Lipinski definition) is 3. The lowest BCUT2D eigenvalue weighted by atomic mass is 10.2. The van der Waals surface area contributed by atoms with Crippen LogP contribution in [0.3, 0.4) is 0 Å². The van der Waals surface area contributed by atoms with Crippen molar-refractivity contribution in [1.82, 2.24) is 9.80 Å². The average Bonchev–Trinajstić information content (AvgIpc) is 2.51. The number of amides is 3. The van der Waals surface area contributed by atoms with Gasteiger partial charge in [0.1, 0.15) is 6.42 Å². The van der Waals surface area contributed by atoms with Crippen LogP contribution in [0.5, 0.6) is 0 Å². The average molecular weight is 338 g/mol. The number of halogens is 1. The van der Waals surface area contributed by atoms with Crippen LogP contribution in [0.2, 0.25) is 5.02 Å². The maximum Gasteiger partial charge on any atom is 0.233 e. The van der Waals surface area contributed by atoms with E-state index < -0.39 is 0 Å². The molecule has 1 saturated heterocycles. The summed E-state index contributed by atoms with van der Waals surface area (Å²) in [5, 5.41) is 3.24. The Hall–Kier alpha value is -2.08. The highest BCUT2D eigenvalue weighted by Crippen LogP contribution is 2.20. The normalized spacial score (nSPS) is 14.6. The van der Waals surface area contributed by atoms with E-state index in [1.54, 1.807) is 28.0 Å². The fourth-order valence-electron chi connectivity index (χ4n) is 2.40. The molecule has 0 aliphatic carbocycles. The standard InChI is InChI=1S/C16H20ClN3O3/c1-11-3-4-13(9-14(11)17)18-15(22)10-16(23)20-7-5-19(6-8-20)12(2)21/h3-4,9H,5-8,10H2,1-2H3,(H,18,22). The quantitative estimate of drug-likeness (QED) is 0.853. The molecule has 23 heavy (non-hydrogen) atoms. The van der Waals surface area contributed by atoms with Gasteiger partial charge in [-0.1, -0.05) is 17.7 Å². The third-order valence-corrected chi connectivity index (χ3v) is 4.25. The zero-order chi connectivity index (χ0) is 17.0. The fraction of sp³-hybridized carbons (Fsp3) is 0.438. The van der Waals surface area contributed by atoms with Crippen LogP contribution in [0.1, 0.15) is 18.9 Å². The molecule has 1 aliphatic rings. The summed E-state index contributed by atoms with van der Waals surface area (Å²) in [5.41, 5.74) is 1.49. The van der Waals surface area contributed by atoms with Crippen molar-refractivity contribution in [3.63, 3.8) is 0 Å². The minimum atomic E-state index is -0.371. The van der Waals surface area contributed by atoms with Crippen LogP contribution in [0.4, 0.5) is 5.69 Å². The second kappa shape index (κ2) is 7.46. The van der Waals surface area contributed by atoms with Crippen molar-refractivity contribution in [2.75, 3.05) is 31.5 Å². The minimum Gasteiger partial charge on any atom is -0.339 e. The molecule has 0 saturated carbocycles. The van der Waals surface area contributed by atoms with E-state index in [-0.39, 0.29) is 24.1 Å². The number of benzene rings is 1. The predicted molar refractivity (Wildman–Crippen MR) is 88.3 cm³/mol. The number of nitrogens with zero attached hydrogens (tertiary/aromatic N) is 2. The molecular formula is C16H20ClN3O3. The first-order valence-corrected chi connectivity index (χ1v) is 7.84. The Morgan fingerprint density at radius 1 is 1.13 bits per heavy atom. The zero-order valence-corrected chi connectivity index (χ0v) is 14.0. The molecule has 1 aromatic carbocycles. The van der Waals surface area contributed by atoms with Crippen LogP contribution in [0.15, 0.2) is 18.2 Å². The summed E-state index contributed by atoms with van der Waals surface area (Å²) in [6, 6.07) is 5.21. The Morgan fingerprint density at radius 2 is 1.74 bits per heavy atom. The molecule has 1 N–H and O–H groups in total. The first-order chi connectivity index (χ1) is 10.9. The van der Waals surface area contributed by atoms with Crippen molar-refractivity contribution >= 4 is 35.0 Å². The summed E-state index contributed by atoms with van der Waals surface area (Å²) >= 11 is 6.01. The van der Waals surface area contributed by atoms with Gasteiger partial charge in [0.15, 0.2) is 0 Å². The minimum absolute atomic E-state index is 0.00564. The van der Waals surface area contributed by atoms with E-state index in [0.29, 0.717) is 36.9 Å². The number of rotatable bonds is 3. The van der Waals surface area contributed by atoms with Gasteiger partial charge in [-0.15, -0.1) is 0 Å². The maximum absolute atomic E-state index is 12.1. The lowest BCUT2D eigenvalue weighted by Gasteiger charge is -2.34. The fourth-order valence-corrected chi connectivity index (χ4v) is 2.58. The molecule has 0 radical (unpaired) electrons. The Morgan fingerprint density at radius 3 is 2.30 bits per heavy atom. The van der Waals surface area contributed by atoms with Gasteiger partial charge >= 0.3 is 0 Å². The number of piperazine rings is 1. The SMILES string of the molecule is CC(=O)N1CCN(C(=O)CC(=O)Nc2ccc(C)c(Cl)c2)CC1. The lowest BCUT2D eigenvalue weighted by molar-refractivity contribution is -0.140. The van der Waals surface area contributed by atoms with E-state index in [1.807, 2.05) is 6.92 Å². The van der Waals surface area contributed by atoms with E-state index in [0.717, 1.165) is 5.56 Å².